The quantitative estimate of drug-likeness (QED) is 0.380. The van der Waals surface area contributed by atoms with Gasteiger partial charge in [0.05, 0.1) is 0 Å². The summed E-state index contributed by atoms with van der Waals surface area (Å²) in [5.74, 6) is 0. The van der Waals surface area contributed by atoms with Crippen molar-refractivity contribution in [3.05, 3.63) is 0 Å². The molecule has 4 heavy (non-hydrogen) atoms. The maximum absolute atomic E-state index is 7.18. The van der Waals surface area contributed by atoms with Gasteiger partial charge in [-0.1, -0.05) is 12.6 Å². The van der Waals surface area contributed by atoms with E-state index in [1.807, 2.05) is 0 Å². The summed E-state index contributed by atoms with van der Waals surface area (Å²) in [4.78, 5) is 0. The molecule has 0 heterocycles. The van der Waals surface area contributed by atoms with E-state index in [2.05, 4.69) is 12.6 Å². The Morgan fingerprint density at radius 2 is 1.75 bits per heavy atom. The van der Waals surface area contributed by atoms with E-state index in [0.29, 0.717) is 0 Å². The monoisotopic (exact) mass is 261 g/mol. The van der Waals surface area contributed by atoms with Crippen molar-refractivity contribution in [2.75, 3.05) is 0 Å². The Morgan fingerprint density at radius 1 is 1.75 bits per heavy atom. The summed E-state index contributed by atoms with van der Waals surface area (Å²) in [7, 11) is 0. The van der Waals surface area contributed by atoms with Crippen LogP contribution < -0.4 is 0 Å². The van der Waals surface area contributed by atoms with Crippen molar-refractivity contribution in [2.45, 2.75) is 0 Å². The van der Waals surface area contributed by atoms with Gasteiger partial charge < -0.3 is 0 Å². The van der Waals surface area contributed by atoms with Crippen LogP contribution in [-0.4, -0.2) is 0 Å². The van der Waals surface area contributed by atoms with Crippen LogP contribution in [0.25, 0.3) is 0 Å². The first-order valence-electron chi connectivity index (χ1n) is 0.447. The first kappa shape index (κ1) is 8.84. The third-order valence-corrected chi connectivity index (χ3v) is 0. The van der Waals surface area contributed by atoms with Crippen molar-refractivity contribution in [3.8, 4) is 5.40 Å². The van der Waals surface area contributed by atoms with Crippen molar-refractivity contribution < 1.29 is 27.7 Å². The van der Waals surface area contributed by atoms with Gasteiger partial charge in [-0.05, 0) is 0 Å². The minimum absolute atomic E-state index is 0. The second-order valence-corrected chi connectivity index (χ2v) is 0.300. The van der Waals surface area contributed by atoms with Gasteiger partial charge in [-0.2, -0.15) is 5.26 Å². The summed E-state index contributed by atoms with van der Waals surface area (Å²) >= 11 is 3.09. The second kappa shape index (κ2) is 9.23. The molecule has 1 nitrogen and oxygen atoms in total. The molecule has 0 N–H and O–H groups in total. The second-order valence-electron chi connectivity index (χ2n) is 0.100. The molecule has 0 aliphatic rings. The number of nitriles is 1. The summed E-state index contributed by atoms with van der Waals surface area (Å²) in [6, 6.07) is 0. The molecule has 18 valence electrons. The summed E-state index contributed by atoms with van der Waals surface area (Å²) in [6.07, 6.45) is 0. The molecule has 0 unspecified atom stereocenters. The van der Waals surface area contributed by atoms with Crippen LogP contribution in [0.5, 0.6) is 0 Å². The van der Waals surface area contributed by atoms with Crippen LogP contribution >= 0.6 is 12.6 Å². The van der Waals surface area contributed by atoms with Crippen LogP contribution in [-0.2, 0) is 27.7 Å². The minimum Gasteiger partial charge on any atom is -0.185 e. The molecule has 0 fully saturated rings. The van der Waals surface area contributed by atoms with E-state index in [1.165, 1.54) is 5.40 Å². The Morgan fingerprint density at radius 3 is 1.75 bits per heavy atom. The average Bonchev–Trinajstić information content (AvgIpc) is 0.918. The number of hydrogen-bond acceptors (Lipinski definition) is 2. The Labute approximate surface area is 50.9 Å². The van der Waals surface area contributed by atoms with Crippen LogP contribution in [0.3, 0.4) is 0 Å². The third-order valence-electron chi connectivity index (χ3n) is 0. The number of hydrogen-bond donors (Lipinski definition) is 1. The SMILES string of the molecule is N#CS.[Hg]. The van der Waals surface area contributed by atoms with E-state index in [4.69, 9.17) is 5.26 Å². The van der Waals surface area contributed by atoms with Crippen molar-refractivity contribution in [1.29, 1.82) is 5.26 Å². The maximum Gasteiger partial charge on any atom is 0.130 e. The molecule has 0 radical (unpaired) electrons. The zero-order valence-electron chi connectivity index (χ0n) is 2.10. The zero-order chi connectivity index (χ0) is 2.71. The first-order chi connectivity index (χ1) is 1.41. The van der Waals surface area contributed by atoms with E-state index < -0.39 is 0 Å². The molecule has 0 aromatic heterocycles. The molecule has 0 rings (SSSR count). The Balaban J connectivity index is 0. The molecule has 0 saturated carbocycles. The summed E-state index contributed by atoms with van der Waals surface area (Å²) < 4.78 is 0. The van der Waals surface area contributed by atoms with Gasteiger partial charge >= 0.3 is 0 Å². The fraction of sp³-hybridized carbons (Fsp3) is 0. The standard InChI is InChI=1S/CHNS.Hg/c2-1-3;/h3H;. The summed E-state index contributed by atoms with van der Waals surface area (Å²) in [6.45, 7) is 0. The maximum atomic E-state index is 7.18. The fourth-order valence-electron chi connectivity index (χ4n) is 0. The topological polar surface area (TPSA) is 23.8 Å². The Kier molecular flexibility index (Phi) is 20.4. The zero-order valence-corrected chi connectivity index (χ0v) is 8.49. The predicted octanol–water partition coefficient (Wildman–Crippen LogP) is 0.395. The van der Waals surface area contributed by atoms with E-state index >= 15 is 0 Å². The van der Waals surface area contributed by atoms with Crippen LogP contribution in [0, 0.1) is 10.7 Å². The van der Waals surface area contributed by atoms with Gasteiger partial charge in [-0.3, -0.25) is 0 Å². The van der Waals surface area contributed by atoms with Crippen molar-refractivity contribution in [1.82, 2.24) is 0 Å². The van der Waals surface area contributed by atoms with Gasteiger partial charge in [-0.15, -0.1) is 0 Å². The molecule has 0 aliphatic carbocycles. The molecule has 0 aliphatic heterocycles. The van der Waals surface area contributed by atoms with Gasteiger partial charge in [0.2, 0.25) is 0 Å². The molecule has 0 amide bonds. The van der Waals surface area contributed by atoms with Gasteiger partial charge in [0.1, 0.15) is 5.40 Å². The van der Waals surface area contributed by atoms with E-state index in [0.717, 1.165) is 0 Å². The third kappa shape index (κ3) is 14.6. The summed E-state index contributed by atoms with van der Waals surface area (Å²) in [5, 5.41) is 8.63. The van der Waals surface area contributed by atoms with Crippen molar-refractivity contribution >= 4 is 12.6 Å². The molecule has 0 atom stereocenters. The average molecular weight is 260 g/mol. The predicted molar refractivity (Wildman–Crippen MR) is 14.6 cm³/mol. The molecule has 0 bridgehead atoms. The molecule has 0 aromatic carbocycles. The van der Waals surface area contributed by atoms with Gasteiger partial charge in [0.25, 0.3) is 0 Å². The smallest absolute Gasteiger partial charge is 0.130 e. The number of thiol groups is 1. The first-order valence-corrected chi connectivity index (χ1v) is 0.894. The van der Waals surface area contributed by atoms with Crippen molar-refractivity contribution in [2.24, 2.45) is 0 Å². The van der Waals surface area contributed by atoms with E-state index in [1.54, 1.807) is 0 Å². The van der Waals surface area contributed by atoms with Crippen molar-refractivity contribution in [3.63, 3.8) is 0 Å². The number of rotatable bonds is 0. The minimum atomic E-state index is 0. The van der Waals surface area contributed by atoms with E-state index in [9.17, 15) is 0 Å². The molecular weight excluding hydrogens is 259 g/mol. The van der Waals surface area contributed by atoms with Crippen LogP contribution in [0.1, 0.15) is 0 Å². The fourth-order valence-corrected chi connectivity index (χ4v) is 0. The largest absolute Gasteiger partial charge is 0.185 e. The van der Waals surface area contributed by atoms with Gasteiger partial charge in [-0.25, -0.2) is 0 Å². The van der Waals surface area contributed by atoms with Crippen LogP contribution in [0.15, 0.2) is 0 Å². The van der Waals surface area contributed by atoms with Crippen LogP contribution in [0.4, 0.5) is 0 Å². The molecule has 0 spiro atoms. The number of thiocyanates is 1. The molecule has 0 aromatic rings. The van der Waals surface area contributed by atoms with Crippen LogP contribution in [0.2, 0.25) is 0 Å². The molecule has 3 heteroatoms. The Hall–Kier alpha value is 0.775. The molecular formula is CHHgNS. The van der Waals surface area contributed by atoms with E-state index in [-0.39, 0.29) is 27.7 Å². The summed E-state index contributed by atoms with van der Waals surface area (Å²) in [5.41, 5.74) is 0. The number of nitrogens with zero attached hydrogens (tertiary/aromatic N) is 1. The normalized spacial score (nSPS) is 2.00. The molecule has 0 saturated heterocycles. The Bertz CT molecular complexity index is 29.5. The van der Waals surface area contributed by atoms with Gasteiger partial charge in [0, 0.05) is 27.7 Å². The van der Waals surface area contributed by atoms with Gasteiger partial charge in [0.15, 0.2) is 0 Å².